The van der Waals surface area contributed by atoms with Gasteiger partial charge in [0.05, 0.1) is 0 Å². The molecule has 1 aromatic rings. The highest BCUT2D eigenvalue weighted by Crippen LogP contribution is 1.99. The molecule has 1 aromatic carbocycles. The van der Waals surface area contributed by atoms with Gasteiger partial charge in [-0.3, -0.25) is 0 Å². The lowest BCUT2D eigenvalue weighted by molar-refractivity contribution is 0.755. The van der Waals surface area contributed by atoms with E-state index in [1.54, 1.807) is 0 Å². The average Bonchev–Trinajstić information content (AvgIpc) is 2.19. The molecule has 0 heterocycles. The summed E-state index contributed by atoms with van der Waals surface area (Å²) in [4.78, 5) is 0. The maximum absolute atomic E-state index is 5.34. The van der Waals surface area contributed by atoms with E-state index in [0.29, 0.717) is 6.54 Å². The molecule has 0 saturated carbocycles. The Bertz CT molecular complexity index is 242. The van der Waals surface area contributed by atoms with Crippen LogP contribution in [0.1, 0.15) is 5.56 Å². The van der Waals surface area contributed by atoms with Gasteiger partial charge in [-0.05, 0) is 5.56 Å². The molecule has 0 saturated heterocycles. The van der Waals surface area contributed by atoms with Gasteiger partial charge in [-0.1, -0.05) is 42.5 Å². The Labute approximate surface area is 79.5 Å². The molecule has 2 heteroatoms. The molecule has 0 aliphatic heterocycles. The van der Waals surface area contributed by atoms with Crippen molar-refractivity contribution in [3.8, 4) is 0 Å². The van der Waals surface area contributed by atoms with E-state index in [0.717, 1.165) is 13.1 Å². The summed E-state index contributed by atoms with van der Waals surface area (Å²) >= 11 is 0. The summed E-state index contributed by atoms with van der Waals surface area (Å²) in [6, 6.07) is 10.3. The normalized spacial score (nSPS) is 10.8. The summed E-state index contributed by atoms with van der Waals surface area (Å²) in [6.45, 7) is 2.45. The average molecular weight is 176 g/mol. The Morgan fingerprint density at radius 2 is 2.00 bits per heavy atom. The molecule has 0 atom stereocenters. The molecule has 0 fully saturated rings. The Morgan fingerprint density at radius 1 is 1.23 bits per heavy atom. The van der Waals surface area contributed by atoms with Gasteiger partial charge in [0.2, 0.25) is 0 Å². The summed E-state index contributed by atoms with van der Waals surface area (Å²) in [5, 5.41) is 3.19. The standard InChI is InChI=1S/C11H16N2/c12-8-10-13-9-4-7-11-5-2-1-3-6-11/h1-7,13H,8-10,12H2. The predicted molar refractivity (Wildman–Crippen MR) is 57.4 cm³/mol. The summed E-state index contributed by atoms with van der Waals surface area (Å²) < 4.78 is 0. The molecule has 0 amide bonds. The summed E-state index contributed by atoms with van der Waals surface area (Å²) in [5.74, 6) is 0. The van der Waals surface area contributed by atoms with Crippen molar-refractivity contribution < 1.29 is 0 Å². The third-order valence-corrected chi connectivity index (χ3v) is 1.69. The van der Waals surface area contributed by atoms with Crippen molar-refractivity contribution in [1.29, 1.82) is 0 Å². The second kappa shape index (κ2) is 6.40. The van der Waals surface area contributed by atoms with E-state index < -0.39 is 0 Å². The number of benzene rings is 1. The smallest absolute Gasteiger partial charge is 0.0138 e. The number of hydrogen-bond acceptors (Lipinski definition) is 2. The molecule has 1 rings (SSSR count). The van der Waals surface area contributed by atoms with E-state index in [9.17, 15) is 0 Å². The van der Waals surface area contributed by atoms with Crippen LogP contribution in [-0.4, -0.2) is 19.6 Å². The van der Waals surface area contributed by atoms with Gasteiger partial charge in [-0.15, -0.1) is 0 Å². The lowest BCUT2D eigenvalue weighted by Gasteiger charge is -1.96. The first-order chi connectivity index (χ1) is 6.43. The van der Waals surface area contributed by atoms with Crippen LogP contribution in [0.2, 0.25) is 0 Å². The summed E-state index contributed by atoms with van der Waals surface area (Å²) in [6.07, 6.45) is 4.20. The van der Waals surface area contributed by atoms with Crippen LogP contribution in [0.15, 0.2) is 36.4 Å². The molecule has 0 aromatic heterocycles. The lowest BCUT2D eigenvalue weighted by atomic mass is 10.2. The zero-order chi connectivity index (χ0) is 9.36. The first kappa shape index (κ1) is 9.96. The minimum atomic E-state index is 0.694. The van der Waals surface area contributed by atoms with Crippen LogP contribution in [0.25, 0.3) is 6.08 Å². The molecular formula is C11H16N2. The van der Waals surface area contributed by atoms with Gasteiger partial charge >= 0.3 is 0 Å². The molecule has 0 radical (unpaired) electrons. The van der Waals surface area contributed by atoms with E-state index in [1.165, 1.54) is 5.56 Å². The van der Waals surface area contributed by atoms with Crippen LogP contribution in [0, 0.1) is 0 Å². The van der Waals surface area contributed by atoms with E-state index in [2.05, 4.69) is 29.6 Å². The van der Waals surface area contributed by atoms with Crippen molar-refractivity contribution in [2.24, 2.45) is 5.73 Å². The minimum Gasteiger partial charge on any atom is -0.329 e. The molecule has 0 spiro atoms. The third kappa shape index (κ3) is 4.45. The molecule has 2 nitrogen and oxygen atoms in total. The molecule has 0 aliphatic carbocycles. The maximum atomic E-state index is 5.34. The SMILES string of the molecule is NCCNCC=Cc1ccccc1. The van der Waals surface area contributed by atoms with Crippen molar-refractivity contribution in [3.05, 3.63) is 42.0 Å². The number of rotatable bonds is 5. The zero-order valence-corrected chi connectivity index (χ0v) is 7.74. The first-order valence-corrected chi connectivity index (χ1v) is 4.56. The highest BCUT2D eigenvalue weighted by molar-refractivity contribution is 5.48. The summed E-state index contributed by atoms with van der Waals surface area (Å²) in [7, 11) is 0. The van der Waals surface area contributed by atoms with Crippen molar-refractivity contribution >= 4 is 6.08 Å². The fourth-order valence-electron chi connectivity index (χ4n) is 1.05. The van der Waals surface area contributed by atoms with E-state index >= 15 is 0 Å². The van der Waals surface area contributed by atoms with Crippen LogP contribution < -0.4 is 11.1 Å². The molecule has 13 heavy (non-hydrogen) atoms. The third-order valence-electron chi connectivity index (χ3n) is 1.69. The van der Waals surface area contributed by atoms with E-state index in [1.807, 2.05) is 18.2 Å². The fourth-order valence-corrected chi connectivity index (χ4v) is 1.05. The van der Waals surface area contributed by atoms with Crippen molar-refractivity contribution in [1.82, 2.24) is 5.32 Å². The first-order valence-electron chi connectivity index (χ1n) is 4.56. The predicted octanol–water partition coefficient (Wildman–Crippen LogP) is 1.25. The highest BCUT2D eigenvalue weighted by atomic mass is 14.9. The topological polar surface area (TPSA) is 38.0 Å². The van der Waals surface area contributed by atoms with Crippen molar-refractivity contribution in [2.75, 3.05) is 19.6 Å². The van der Waals surface area contributed by atoms with Crippen LogP contribution in [0.3, 0.4) is 0 Å². The van der Waals surface area contributed by atoms with Crippen LogP contribution in [0.5, 0.6) is 0 Å². The monoisotopic (exact) mass is 176 g/mol. The largest absolute Gasteiger partial charge is 0.329 e. The van der Waals surface area contributed by atoms with Gasteiger partial charge in [0, 0.05) is 19.6 Å². The molecule has 70 valence electrons. The second-order valence-electron chi connectivity index (χ2n) is 2.81. The summed E-state index contributed by atoms with van der Waals surface area (Å²) in [5.41, 5.74) is 6.57. The van der Waals surface area contributed by atoms with Crippen LogP contribution >= 0.6 is 0 Å². The minimum absolute atomic E-state index is 0.694. The van der Waals surface area contributed by atoms with Crippen LogP contribution in [0.4, 0.5) is 0 Å². The van der Waals surface area contributed by atoms with Gasteiger partial charge in [-0.2, -0.15) is 0 Å². The fraction of sp³-hybridized carbons (Fsp3) is 0.273. The molecule has 0 bridgehead atoms. The van der Waals surface area contributed by atoms with Gasteiger partial charge in [0.15, 0.2) is 0 Å². The van der Waals surface area contributed by atoms with Gasteiger partial charge in [0.25, 0.3) is 0 Å². The van der Waals surface area contributed by atoms with Gasteiger partial charge in [0.1, 0.15) is 0 Å². The van der Waals surface area contributed by atoms with Gasteiger partial charge < -0.3 is 11.1 Å². The second-order valence-corrected chi connectivity index (χ2v) is 2.81. The molecule has 0 unspecified atom stereocenters. The quantitative estimate of drug-likeness (QED) is 0.663. The van der Waals surface area contributed by atoms with Crippen LogP contribution in [-0.2, 0) is 0 Å². The molecule has 0 aliphatic rings. The Hall–Kier alpha value is -1.12. The Balaban J connectivity index is 2.25. The highest BCUT2D eigenvalue weighted by Gasteiger charge is 1.82. The molecule has 3 N–H and O–H groups in total. The van der Waals surface area contributed by atoms with Crippen molar-refractivity contribution in [3.63, 3.8) is 0 Å². The van der Waals surface area contributed by atoms with Crippen molar-refractivity contribution in [2.45, 2.75) is 0 Å². The molecular weight excluding hydrogens is 160 g/mol. The van der Waals surface area contributed by atoms with E-state index in [-0.39, 0.29) is 0 Å². The Kier molecular flexibility index (Phi) is 4.91. The number of nitrogens with one attached hydrogen (secondary N) is 1. The van der Waals surface area contributed by atoms with E-state index in [4.69, 9.17) is 5.73 Å². The zero-order valence-electron chi connectivity index (χ0n) is 7.74. The number of hydrogen-bond donors (Lipinski definition) is 2. The Morgan fingerprint density at radius 3 is 2.69 bits per heavy atom. The maximum Gasteiger partial charge on any atom is 0.0138 e. The number of nitrogens with two attached hydrogens (primary N) is 1. The van der Waals surface area contributed by atoms with Gasteiger partial charge in [-0.25, -0.2) is 0 Å². The lowest BCUT2D eigenvalue weighted by Crippen LogP contribution is -2.22.